The van der Waals surface area contributed by atoms with E-state index in [-0.39, 0.29) is 23.8 Å². The molecule has 2 aromatic rings. The number of anilines is 2. The average molecular weight is 495 g/mol. The maximum absolute atomic E-state index is 13.6. The molecule has 1 N–H and O–H groups in total. The van der Waals surface area contributed by atoms with E-state index in [1.807, 2.05) is 23.1 Å². The highest BCUT2D eigenvalue weighted by atomic mass is 16.5. The summed E-state index contributed by atoms with van der Waals surface area (Å²) in [5.74, 6) is 1.02. The molecule has 9 nitrogen and oxygen atoms in total. The zero-order chi connectivity index (χ0) is 25.1. The highest BCUT2D eigenvalue weighted by Crippen LogP contribution is 2.37. The van der Waals surface area contributed by atoms with Gasteiger partial charge in [-0.1, -0.05) is 18.2 Å². The van der Waals surface area contributed by atoms with Crippen LogP contribution in [0.3, 0.4) is 0 Å². The van der Waals surface area contributed by atoms with Gasteiger partial charge in [0.1, 0.15) is 0 Å². The van der Waals surface area contributed by atoms with Gasteiger partial charge in [-0.2, -0.15) is 0 Å². The number of carbonyl (C=O) groups is 2. The third-order valence-electron chi connectivity index (χ3n) is 7.42. The topological polar surface area (TPSA) is 83.6 Å². The zero-order valence-electron chi connectivity index (χ0n) is 20.9. The molecule has 2 aromatic carbocycles. The van der Waals surface area contributed by atoms with Gasteiger partial charge in [-0.25, -0.2) is 0 Å². The molecule has 3 aliphatic heterocycles. The zero-order valence-corrected chi connectivity index (χ0v) is 20.9. The fraction of sp³-hybridized carbons (Fsp3) is 0.481. The van der Waals surface area contributed by atoms with Crippen LogP contribution in [0.1, 0.15) is 5.56 Å². The molecule has 2 unspecified atom stereocenters. The van der Waals surface area contributed by atoms with E-state index in [1.165, 1.54) is 11.3 Å². The number of hydrogen-bond acceptors (Lipinski definition) is 7. The number of para-hydroxylation sites is 1. The minimum Gasteiger partial charge on any atom is -0.493 e. The van der Waals surface area contributed by atoms with Crippen molar-refractivity contribution in [3.8, 4) is 11.5 Å². The van der Waals surface area contributed by atoms with E-state index in [9.17, 15) is 9.59 Å². The van der Waals surface area contributed by atoms with Crippen LogP contribution in [0.2, 0.25) is 0 Å². The van der Waals surface area contributed by atoms with Crippen LogP contribution in [0.5, 0.6) is 11.5 Å². The Morgan fingerprint density at radius 2 is 1.78 bits per heavy atom. The van der Waals surface area contributed by atoms with E-state index in [1.54, 1.807) is 26.4 Å². The van der Waals surface area contributed by atoms with E-state index in [0.717, 1.165) is 13.1 Å². The molecule has 0 bridgehead atoms. The second kappa shape index (κ2) is 10.8. The van der Waals surface area contributed by atoms with Gasteiger partial charge in [0.2, 0.25) is 11.8 Å². The van der Waals surface area contributed by atoms with Crippen molar-refractivity contribution in [3.05, 3.63) is 48.0 Å². The molecule has 3 heterocycles. The van der Waals surface area contributed by atoms with Crippen molar-refractivity contribution in [2.24, 2.45) is 5.92 Å². The first kappa shape index (κ1) is 24.4. The number of hydrogen-bond donors (Lipinski definition) is 1. The Bertz CT molecular complexity index is 1100. The lowest BCUT2D eigenvalue weighted by Crippen LogP contribution is -2.61. The normalized spacial score (nSPS) is 21.8. The molecule has 2 saturated heterocycles. The first-order valence-corrected chi connectivity index (χ1v) is 12.5. The summed E-state index contributed by atoms with van der Waals surface area (Å²) in [5.41, 5.74) is 3.04. The Hall–Kier alpha value is -3.30. The molecule has 0 aliphatic carbocycles. The van der Waals surface area contributed by atoms with Gasteiger partial charge in [-0.15, -0.1) is 0 Å². The van der Waals surface area contributed by atoms with Crippen LogP contribution in [0.25, 0.3) is 0 Å². The number of nitrogens with zero attached hydrogens (tertiary/aromatic N) is 3. The Labute approximate surface area is 211 Å². The summed E-state index contributed by atoms with van der Waals surface area (Å²) in [4.78, 5) is 33.0. The highest BCUT2D eigenvalue weighted by Gasteiger charge is 2.42. The molecule has 0 spiro atoms. The third kappa shape index (κ3) is 4.99. The standard InChI is InChI=1S/C27H34N4O5/c1-34-24-8-7-20(16-25(24)35-2)28-27(33)21-15-19-5-3-4-6-22(19)31-10-9-29(17-23(21)31)18-26(32)30-11-13-36-14-12-30/h3-8,16,21,23H,9-15,17-18H2,1-2H3,(H,28,33). The Morgan fingerprint density at radius 1 is 1.00 bits per heavy atom. The van der Waals surface area contributed by atoms with Crippen molar-refractivity contribution in [2.45, 2.75) is 12.5 Å². The molecule has 2 fully saturated rings. The van der Waals surface area contributed by atoms with E-state index >= 15 is 0 Å². The summed E-state index contributed by atoms with van der Waals surface area (Å²) in [6.45, 7) is 5.07. The SMILES string of the molecule is COc1ccc(NC(=O)C2Cc3ccccc3N3CCN(CC(=O)N4CCOCC4)CC23)cc1OC. The van der Waals surface area contributed by atoms with Crippen LogP contribution in [0, 0.1) is 5.92 Å². The number of methoxy groups -OCH3 is 2. The maximum atomic E-state index is 13.6. The van der Waals surface area contributed by atoms with Gasteiger partial charge < -0.3 is 29.3 Å². The summed E-state index contributed by atoms with van der Waals surface area (Å²) in [7, 11) is 3.16. The molecular formula is C27H34N4O5. The van der Waals surface area contributed by atoms with Crippen molar-refractivity contribution >= 4 is 23.2 Å². The number of nitrogens with one attached hydrogen (secondary N) is 1. The van der Waals surface area contributed by atoms with E-state index < -0.39 is 0 Å². The predicted molar refractivity (Wildman–Crippen MR) is 137 cm³/mol. The van der Waals surface area contributed by atoms with Gasteiger partial charge in [0.25, 0.3) is 0 Å². The second-order valence-corrected chi connectivity index (χ2v) is 9.49. The summed E-state index contributed by atoms with van der Waals surface area (Å²) in [6, 6.07) is 13.7. The van der Waals surface area contributed by atoms with Crippen LogP contribution in [-0.4, -0.2) is 94.4 Å². The molecule has 5 rings (SSSR count). The number of fused-ring (bicyclic) bond motifs is 3. The van der Waals surface area contributed by atoms with E-state index in [0.29, 0.717) is 63.0 Å². The number of rotatable bonds is 6. The number of piperazine rings is 1. The smallest absolute Gasteiger partial charge is 0.236 e. The quantitative estimate of drug-likeness (QED) is 0.656. The summed E-state index contributed by atoms with van der Waals surface area (Å²) in [6.07, 6.45) is 0.654. The Kier molecular flexibility index (Phi) is 7.29. The highest BCUT2D eigenvalue weighted by molar-refractivity contribution is 5.94. The lowest BCUT2D eigenvalue weighted by atomic mass is 9.83. The van der Waals surface area contributed by atoms with Crippen LogP contribution < -0.4 is 19.7 Å². The van der Waals surface area contributed by atoms with E-state index in [2.05, 4.69) is 27.2 Å². The molecule has 0 saturated carbocycles. The van der Waals surface area contributed by atoms with Gasteiger partial charge in [-0.3, -0.25) is 14.5 Å². The minimum atomic E-state index is -0.255. The molecule has 3 aliphatic rings. The van der Waals surface area contributed by atoms with Crippen LogP contribution in [0.4, 0.5) is 11.4 Å². The fourth-order valence-corrected chi connectivity index (χ4v) is 5.51. The minimum absolute atomic E-state index is 0.0220. The van der Waals surface area contributed by atoms with Gasteiger partial charge >= 0.3 is 0 Å². The molecule has 2 amide bonds. The Balaban J connectivity index is 1.34. The van der Waals surface area contributed by atoms with Gasteiger partial charge in [0, 0.05) is 50.2 Å². The van der Waals surface area contributed by atoms with Crippen molar-refractivity contribution < 1.29 is 23.8 Å². The molecular weight excluding hydrogens is 460 g/mol. The van der Waals surface area contributed by atoms with Crippen LogP contribution >= 0.6 is 0 Å². The molecule has 2 atom stereocenters. The fourth-order valence-electron chi connectivity index (χ4n) is 5.51. The number of amides is 2. The summed E-state index contributed by atoms with van der Waals surface area (Å²) in [5, 5.41) is 3.10. The number of ether oxygens (including phenoxy) is 3. The average Bonchev–Trinajstić information content (AvgIpc) is 2.92. The lowest BCUT2D eigenvalue weighted by molar-refractivity contribution is -0.136. The molecule has 0 radical (unpaired) electrons. The van der Waals surface area contributed by atoms with Crippen molar-refractivity contribution in [1.82, 2.24) is 9.80 Å². The molecule has 36 heavy (non-hydrogen) atoms. The number of morpholine rings is 1. The first-order valence-electron chi connectivity index (χ1n) is 12.5. The second-order valence-electron chi connectivity index (χ2n) is 9.49. The summed E-state index contributed by atoms with van der Waals surface area (Å²) >= 11 is 0. The van der Waals surface area contributed by atoms with Crippen LogP contribution in [0.15, 0.2) is 42.5 Å². The number of carbonyl (C=O) groups excluding carboxylic acids is 2. The predicted octanol–water partition coefficient (Wildman–Crippen LogP) is 1.86. The van der Waals surface area contributed by atoms with Gasteiger partial charge in [0.15, 0.2) is 11.5 Å². The van der Waals surface area contributed by atoms with Crippen molar-refractivity contribution in [3.63, 3.8) is 0 Å². The lowest BCUT2D eigenvalue weighted by Gasteiger charge is -2.49. The molecule has 192 valence electrons. The van der Waals surface area contributed by atoms with E-state index in [4.69, 9.17) is 14.2 Å². The van der Waals surface area contributed by atoms with Gasteiger partial charge in [-0.05, 0) is 30.2 Å². The first-order chi connectivity index (χ1) is 17.6. The monoisotopic (exact) mass is 494 g/mol. The third-order valence-corrected chi connectivity index (χ3v) is 7.42. The largest absolute Gasteiger partial charge is 0.493 e. The Morgan fingerprint density at radius 3 is 2.56 bits per heavy atom. The number of benzene rings is 2. The van der Waals surface area contributed by atoms with Crippen LogP contribution in [-0.2, 0) is 20.7 Å². The maximum Gasteiger partial charge on any atom is 0.236 e. The van der Waals surface area contributed by atoms with Crippen molar-refractivity contribution in [2.75, 3.05) is 76.9 Å². The summed E-state index contributed by atoms with van der Waals surface area (Å²) < 4.78 is 16.1. The van der Waals surface area contributed by atoms with Gasteiger partial charge in [0.05, 0.1) is 45.9 Å². The molecule has 9 heteroatoms. The molecule has 0 aromatic heterocycles. The van der Waals surface area contributed by atoms with Crippen molar-refractivity contribution in [1.29, 1.82) is 0 Å².